The molecule has 0 aromatic heterocycles. The van der Waals surface area contributed by atoms with Crippen LogP contribution in [-0.4, -0.2) is 31.9 Å². The maximum Gasteiger partial charge on any atom is 0.251 e. The van der Waals surface area contributed by atoms with Crippen molar-refractivity contribution < 1.29 is 9.53 Å². The van der Waals surface area contributed by atoms with Crippen LogP contribution >= 0.6 is 11.8 Å². The molecule has 1 rings (SSSR count). The Labute approximate surface area is 107 Å². The Bertz CT molecular complexity index is 368. The molecule has 0 saturated heterocycles. The molecule has 0 aliphatic heterocycles. The number of carbonyl (C=O) groups is 1. The highest BCUT2D eigenvalue weighted by Crippen LogP contribution is 2.11. The van der Waals surface area contributed by atoms with Crippen molar-refractivity contribution in [2.24, 2.45) is 0 Å². The molecule has 0 spiro atoms. The van der Waals surface area contributed by atoms with Crippen LogP contribution in [0, 0.1) is 0 Å². The van der Waals surface area contributed by atoms with Gasteiger partial charge in [0.25, 0.3) is 5.91 Å². The van der Waals surface area contributed by atoms with Crippen molar-refractivity contribution in [1.29, 1.82) is 0 Å². The summed E-state index contributed by atoms with van der Waals surface area (Å²) in [4.78, 5) is 11.9. The molecule has 1 aromatic carbocycles. The van der Waals surface area contributed by atoms with E-state index in [-0.39, 0.29) is 11.9 Å². The van der Waals surface area contributed by atoms with E-state index in [9.17, 15) is 4.79 Å². The molecule has 0 bridgehead atoms. The van der Waals surface area contributed by atoms with Crippen LogP contribution in [0.4, 0.5) is 0 Å². The third kappa shape index (κ3) is 4.79. The van der Waals surface area contributed by atoms with Crippen LogP contribution in [0.15, 0.2) is 24.3 Å². The summed E-state index contributed by atoms with van der Waals surface area (Å²) in [6.45, 7) is 2.45. The first kappa shape index (κ1) is 14.1. The van der Waals surface area contributed by atoms with Crippen molar-refractivity contribution in [1.82, 2.24) is 5.32 Å². The van der Waals surface area contributed by atoms with Crippen LogP contribution in [0.25, 0.3) is 0 Å². The van der Waals surface area contributed by atoms with E-state index in [1.807, 2.05) is 37.4 Å². The van der Waals surface area contributed by atoms with Crippen molar-refractivity contribution in [3.63, 3.8) is 0 Å². The Morgan fingerprint density at radius 1 is 1.53 bits per heavy atom. The van der Waals surface area contributed by atoms with Gasteiger partial charge in [0.1, 0.15) is 0 Å². The van der Waals surface area contributed by atoms with Gasteiger partial charge < -0.3 is 10.1 Å². The molecule has 0 radical (unpaired) electrons. The average molecular weight is 253 g/mol. The minimum absolute atomic E-state index is 0.0247. The third-order valence-electron chi connectivity index (χ3n) is 2.29. The Morgan fingerprint density at radius 2 is 2.29 bits per heavy atom. The van der Waals surface area contributed by atoms with E-state index in [0.29, 0.717) is 12.2 Å². The van der Waals surface area contributed by atoms with E-state index in [4.69, 9.17) is 4.74 Å². The average Bonchev–Trinajstić information content (AvgIpc) is 2.30. The summed E-state index contributed by atoms with van der Waals surface area (Å²) < 4.78 is 4.98. The minimum atomic E-state index is -0.0440. The molecule has 17 heavy (non-hydrogen) atoms. The van der Waals surface area contributed by atoms with Gasteiger partial charge in [-0.2, -0.15) is 11.8 Å². The molecule has 0 unspecified atom stereocenters. The zero-order chi connectivity index (χ0) is 12.7. The lowest BCUT2D eigenvalue weighted by atomic mass is 10.1. The molecule has 0 fully saturated rings. The fourth-order valence-electron chi connectivity index (χ4n) is 1.57. The van der Waals surface area contributed by atoms with Gasteiger partial charge in [0, 0.05) is 24.5 Å². The van der Waals surface area contributed by atoms with Gasteiger partial charge in [0.2, 0.25) is 0 Å². The summed E-state index contributed by atoms with van der Waals surface area (Å²) in [6, 6.07) is 7.74. The second kappa shape index (κ2) is 7.35. The Kier molecular flexibility index (Phi) is 6.08. The van der Waals surface area contributed by atoms with Crippen LogP contribution in [0.1, 0.15) is 22.8 Å². The molecule has 94 valence electrons. The summed E-state index contributed by atoms with van der Waals surface area (Å²) in [5.74, 6) is 0.881. The Balaban J connectivity index is 2.65. The summed E-state index contributed by atoms with van der Waals surface area (Å²) >= 11 is 1.75. The molecule has 0 heterocycles. The fraction of sp³-hybridized carbons (Fsp3) is 0.462. The zero-order valence-corrected chi connectivity index (χ0v) is 11.3. The standard InChI is InChI=1S/C13H19NO2S/c1-10(8-16-2)14-13(15)12-6-4-5-11(7-12)9-17-3/h4-7,10H,8-9H2,1-3H3,(H,14,15)/t10-/m0/s1. The number of rotatable bonds is 6. The first-order valence-electron chi connectivity index (χ1n) is 5.55. The van der Waals surface area contributed by atoms with E-state index >= 15 is 0 Å². The van der Waals surface area contributed by atoms with Crippen molar-refractivity contribution in [2.75, 3.05) is 20.0 Å². The summed E-state index contributed by atoms with van der Waals surface area (Å²) in [7, 11) is 1.63. The largest absolute Gasteiger partial charge is 0.383 e. The Hall–Kier alpha value is -1.00. The maximum atomic E-state index is 11.9. The summed E-state index contributed by atoms with van der Waals surface area (Å²) in [6.07, 6.45) is 2.05. The molecule has 1 atom stereocenters. The lowest BCUT2D eigenvalue weighted by Crippen LogP contribution is -2.35. The van der Waals surface area contributed by atoms with Crippen molar-refractivity contribution in [2.45, 2.75) is 18.7 Å². The van der Waals surface area contributed by atoms with Crippen molar-refractivity contribution in [3.05, 3.63) is 35.4 Å². The van der Waals surface area contributed by atoms with E-state index in [0.717, 1.165) is 5.75 Å². The first-order chi connectivity index (χ1) is 8.17. The smallest absolute Gasteiger partial charge is 0.251 e. The van der Waals surface area contributed by atoms with Gasteiger partial charge in [-0.25, -0.2) is 0 Å². The van der Waals surface area contributed by atoms with Crippen LogP contribution in [-0.2, 0) is 10.5 Å². The van der Waals surface area contributed by atoms with Gasteiger partial charge in [0.05, 0.1) is 6.61 Å². The van der Waals surface area contributed by atoms with Gasteiger partial charge in [-0.1, -0.05) is 12.1 Å². The van der Waals surface area contributed by atoms with Crippen molar-refractivity contribution >= 4 is 17.7 Å². The molecule has 0 saturated carbocycles. The molecule has 1 amide bonds. The summed E-state index contributed by atoms with van der Waals surface area (Å²) in [5.41, 5.74) is 1.88. The molecular formula is C13H19NO2S. The van der Waals surface area contributed by atoms with E-state index in [1.54, 1.807) is 18.9 Å². The number of hydrogen-bond acceptors (Lipinski definition) is 3. The van der Waals surface area contributed by atoms with Crippen LogP contribution in [0.3, 0.4) is 0 Å². The van der Waals surface area contributed by atoms with Gasteiger partial charge in [0.15, 0.2) is 0 Å². The number of nitrogens with one attached hydrogen (secondary N) is 1. The number of ether oxygens (including phenoxy) is 1. The third-order valence-corrected chi connectivity index (χ3v) is 2.92. The quantitative estimate of drug-likeness (QED) is 0.845. The number of amides is 1. The molecule has 0 aliphatic rings. The SMILES string of the molecule is COC[C@H](C)NC(=O)c1cccc(CSC)c1. The second-order valence-corrected chi connectivity index (χ2v) is 4.83. The number of thioether (sulfide) groups is 1. The van der Waals surface area contributed by atoms with Gasteiger partial charge in [-0.3, -0.25) is 4.79 Å². The van der Waals surface area contributed by atoms with E-state index in [2.05, 4.69) is 5.32 Å². The second-order valence-electron chi connectivity index (χ2n) is 3.96. The Morgan fingerprint density at radius 3 is 2.94 bits per heavy atom. The zero-order valence-electron chi connectivity index (χ0n) is 10.5. The highest BCUT2D eigenvalue weighted by atomic mass is 32.2. The molecule has 0 aliphatic carbocycles. The number of methoxy groups -OCH3 is 1. The summed E-state index contributed by atoms with van der Waals surface area (Å²) in [5, 5.41) is 2.90. The molecule has 4 heteroatoms. The minimum Gasteiger partial charge on any atom is -0.383 e. The van der Waals surface area contributed by atoms with Crippen LogP contribution < -0.4 is 5.32 Å². The normalized spacial score (nSPS) is 12.2. The number of benzene rings is 1. The monoisotopic (exact) mass is 253 g/mol. The maximum absolute atomic E-state index is 11.9. The molecular weight excluding hydrogens is 234 g/mol. The predicted molar refractivity (Wildman–Crippen MR) is 72.5 cm³/mol. The fourth-order valence-corrected chi connectivity index (χ4v) is 2.08. The highest BCUT2D eigenvalue weighted by molar-refractivity contribution is 7.97. The first-order valence-corrected chi connectivity index (χ1v) is 6.94. The van der Waals surface area contributed by atoms with Gasteiger partial charge >= 0.3 is 0 Å². The molecule has 3 nitrogen and oxygen atoms in total. The topological polar surface area (TPSA) is 38.3 Å². The number of hydrogen-bond donors (Lipinski definition) is 1. The number of carbonyl (C=O) groups excluding carboxylic acids is 1. The molecule has 1 N–H and O–H groups in total. The lowest BCUT2D eigenvalue weighted by molar-refractivity contribution is 0.0905. The van der Waals surface area contributed by atoms with Gasteiger partial charge in [-0.05, 0) is 30.9 Å². The molecule has 1 aromatic rings. The van der Waals surface area contributed by atoms with Crippen molar-refractivity contribution in [3.8, 4) is 0 Å². The van der Waals surface area contributed by atoms with Gasteiger partial charge in [-0.15, -0.1) is 0 Å². The lowest BCUT2D eigenvalue weighted by Gasteiger charge is -2.13. The van der Waals surface area contributed by atoms with Crippen LogP contribution in [0.5, 0.6) is 0 Å². The van der Waals surface area contributed by atoms with Crippen LogP contribution in [0.2, 0.25) is 0 Å². The predicted octanol–water partition coefficient (Wildman–Crippen LogP) is 2.31. The highest BCUT2D eigenvalue weighted by Gasteiger charge is 2.09. The van der Waals surface area contributed by atoms with E-state index < -0.39 is 0 Å². The van der Waals surface area contributed by atoms with E-state index in [1.165, 1.54) is 5.56 Å².